The van der Waals surface area contributed by atoms with E-state index in [9.17, 15) is 0 Å². The van der Waals surface area contributed by atoms with E-state index in [0.717, 1.165) is 28.1 Å². The average molecular weight is 275 g/mol. The van der Waals surface area contributed by atoms with Crippen molar-refractivity contribution in [1.82, 2.24) is 0 Å². The molecule has 0 aliphatic rings. The van der Waals surface area contributed by atoms with Crippen LogP contribution in [0.15, 0.2) is 78.9 Å². The third-order valence-corrected chi connectivity index (χ3v) is 3.33. The molecule has 0 aliphatic heterocycles. The molecule has 0 unspecified atom stereocenters. The van der Waals surface area contributed by atoms with Crippen LogP contribution in [0.25, 0.3) is 11.1 Å². The number of hydrogen-bond acceptors (Lipinski definition) is 2. The highest BCUT2D eigenvalue weighted by Crippen LogP contribution is 2.25. The Labute approximate surface area is 124 Å². The highest BCUT2D eigenvalue weighted by molar-refractivity contribution is 5.66. The molecule has 0 aliphatic carbocycles. The largest absolute Gasteiger partial charge is 0.489 e. The number of ether oxygens (including phenoxy) is 1. The van der Waals surface area contributed by atoms with Crippen LogP contribution in [0, 0.1) is 0 Å². The lowest BCUT2D eigenvalue weighted by molar-refractivity contribution is 0.306. The number of hydrogen-bond donors (Lipinski definition) is 1. The van der Waals surface area contributed by atoms with E-state index in [0.29, 0.717) is 6.61 Å². The van der Waals surface area contributed by atoms with Crippen molar-refractivity contribution < 1.29 is 4.74 Å². The van der Waals surface area contributed by atoms with Gasteiger partial charge in [0.15, 0.2) is 0 Å². The minimum absolute atomic E-state index is 0.575. The van der Waals surface area contributed by atoms with Crippen LogP contribution in [0.2, 0.25) is 0 Å². The lowest BCUT2D eigenvalue weighted by Gasteiger charge is -2.08. The average Bonchev–Trinajstić information content (AvgIpc) is 2.55. The molecule has 2 nitrogen and oxygen atoms in total. The SMILES string of the molecule is Nc1ccc(-c2cccc(OCc3ccccc3)c2)cc1. The minimum atomic E-state index is 0.575. The summed E-state index contributed by atoms with van der Waals surface area (Å²) in [5.41, 5.74) is 9.92. The van der Waals surface area contributed by atoms with Crippen molar-refractivity contribution in [1.29, 1.82) is 0 Å². The van der Waals surface area contributed by atoms with Gasteiger partial charge < -0.3 is 10.5 Å². The molecule has 3 rings (SSSR count). The third kappa shape index (κ3) is 3.42. The van der Waals surface area contributed by atoms with Gasteiger partial charge in [-0.05, 0) is 41.0 Å². The Hall–Kier alpha value is -2.74. The first kappa shape index (κ1) is 13.3. The standard InChI is InChI=1S/C19H17NO/c20-18-11-9-16(10-12-18)17-7-4-8-19(13-17)21-14-15-5-2-1-3-6-15/h1-13H,14,20H2. The quantitative estimate of drug-likeness (QED) is 0.711. The monoisotopic (exact) mass is 275 g/mol. The van der Waals surface area contributed by atoms with Crippen LogP contribution in [0.4, 0.5) is 5.69 Å². The van der Waals surface area contributed by atoms with Gasteiger partial charge in [-0.1, -0.05) is 54.6 Å². The normalized spacial score (nSPS) is 10.3. The van der Waals surface area contributed by atoms with Gasteiger partial charge >= 0.3 is 0 Å². The Balaban J connectivity index is 1.75. The molecule has 0 spiro atoms. The van der Waals surface area contributed by atoms with E-state index in [1.54, 1.807) is 0 Å². The first-order valence-electron chi connectivity index (χ1n) is 6.94. The summed E-state index contributed by atoms with van der Waals surface area (Å²) in [6.45, 7) is 0.575. The summed E-state index contributed by atoms with van der Waals surface area (Å²) < 4.78 is 5.85. The van der Waals surface area contributed by atoms with Gasteiger partial charge in [0, 0.05) is 5.69 Å². The molecular weight excluding hydrogens is 258 g/mol. The number of nitrogens with two attached hydrogens (primary N) is 1. The molecule has 0 heterocycles. The van der Waals surface area contributed by atoms with Crippen molar-refractivity contribution in [3.8, 4) is 16.9 Å². The zero-order valence-electron chi connectivity index (χ0n) is 11.7. The van der Waals surface area contributed by atoms with Gasteiger partial charge in [0.1, 0.15) is 12.4 Å². The fourth-order valence-electron chi connectivity index (χ4n) is 2.18. The van der Waals surface area contributed by atoms with Gasteiger partial charge in [-0.15, -0.1) is 0 Å². The van der Waals surface area contributed by atoms with Crippen molar-refractivity contribution in [3.63, 3.8) is 0 Å². The zero-order valence-corrected chi connectivity index (χ0v) is 11.7. The number of nitrogen functional groups attached to an aromatic ring is 1. The lowest BCUT2D eigenvalue weighted by atomic mass is 10.1. The fourth-order valence-corrected chi connectivity index (χ4v) is 2.18. The second-order valence-corrected chi connectivity index (χ2v) is 4.92. The maximum atomic E-state index is 5.85. The topological polar surface area (TPSA) is 35.2 Å². The van der Waals surface area contributed by atoms with E-state index in [1.165, 1.54) is 0 Å². The van der Waals surface area contributed by atoms with Crippen LogP contribution in [-0.2, 0) is 6.61 Å². The Morgan fingerprint density at radius 1 is 0.714 bits per heavy atom. The Morgan fingerprint density at radius 3 is 2.24 bits per heavy atom. The van der Waals surface area contributed by atoms with E-state index in [2.05, 4.69) is 24.3 Å². The maximum absolute atomic E-state index is 5.85. The third-order valence-electron chi connectivity index (χ3n) is 3.33. The van der Waals surface area contributed by atoms with Gasteiger partial charge in [-0.3, -0.25) is 0 Å². The molecule has 0 saturated heterocycles. The van der Waals surface area contributed by atoms with Crippen LogP contribution in [0.3, 0.4) is 0 Å². The molecule has 0 amide bonds. The zero-order chi connectivity index (χ0) is 14.5. The Kier molecular flexibility index (Phi) is 3.88. The molecule has 0 saturated carbocycles. The van der Waals surface area contributed by atoms with Crippen LogP contribution in [0.1, 0.15) is 5.56 Å². The number of anilines is 1. The first-order chi connectivity index (χ1) is 10.3. The second kappa shape index (κ2) is 6.14. The predicted molar refractivity (Wildman–Crippen MR) is 87.1 cm³/mol. The predicted octanol–water partition coefficient (Wildman–Crippen LogP) is 4.51. The molecule has 104 valence electrons. The molecule has 0 aromatic heterocycles. The van der Waals surface area contributed by atoms with Crippen LogP contribution >= 0.6 is 0 Å². The summed E-state index contributed by atoms with van der Waals surface area (Å²) in [6.07, 6.45) is 0. The number of rotatable bonds is 4. The molecule has 3 aromatic rings. The van der Waals surface area contributed by atoms with Gasteiger partial charge in [0.25, 0.3) is 0 Å². The summed E-state index contributed by atoms with van der Waals surface area (Å²) in [5.74, 6) is 0.869. The molecule has 2 N–H and O–H groups in total. The summed E-state index contributed by atoms with van der Waals surface area (Å²) in [7, 11) is 0. The summed E-state index contributed by atoms with van der Waals surface area (Å²) in [6, 6.07) is 26.1. The minimum Gasteiger partial charge on any atom is -0.489 e. The first-order valence-corrected chi connectivity index (χ1v) is 6.94. The summed E-state index contributed by atoms with van der Waals surface area (Å²) >= 11 is 0. The molecule has 0 atom stereocenters. The molecule has 0 bridgehead atoms. The van der Waals surface area contributed by atoms with E-state index < -0.39 is 0 Å². The molecule has 2 heteroatoms. The Morgan fingerprint density at radius 2 is 1.48 bits per heavy atom. The molecule has 0 radical (unpaired) electrons. The van der Waals surface area contributed by atoms with Crippen molar-refractivity contribution in [2.75, 3.05) is 5.73 Å². The van der Waals surface area contributed by atoms with E-state index in [-0.39, 0.29) is 0 Å². The van der Waals surface area contributed by atoms with Gasteiger partial charge in [0.05, 0.1) is 0 Å². The van der Waals surface area contributed by atoms with Gasteiger partial charge in [-0.2, -0.15) is 0 Å². The highest BCUT2D eigenvalue weighted by atomic mass is 16.5. The van der Waals surface area contributed by atoms with Crippen molar-refractivity contribution in [2.45, 2.75) is 6.61 Å². The van der Waals surface area contributed by atoms with Crippen molar-refractivity contribution in [3.05, 3.63) is 84.4 Å². The van der Waals surface area contributed by atoms with Gasteiger partial charge in [0.2, 0.25) is 0 Å². The Bertz CT molecular complexity index is 705. The van der Waals surface area contributed by atoms with E-state index >= 15 is 0 Å². The van der Waals surface area contributed by atoms with Crippen molar-refractivity contribution in [2.24, 2.45) is 0 Å². The van der Waals surface area contributed by atoms with Gasteiger partial charge in [-0.25, -0.2) is 0 Å². The molecule has 3 aromatic carbocycles. The lowest BCUT2D eigenvalue weighted by Crippen LogP contribution is -1.95. The van der Waals surface area contributed by atoms with Crippen molar-refractivity contribution >= 4 is 5.69 Å². The van der Waals surface area contributed by atoms with Crippen LogP contribution in [0.5, 0.6) is 5.75 Å². The molecule has 0 fully saturated rings. The van der Waals surface area contributed by atoms with Crippen LogP contribution < -0.4 is 10.5 Å². The van der Waals surface area contributed by atoms with E-state index in [1.807, 2.05) is 54.6 Å². The molecular formula is C19H17NO. The summed E-state index contributed by atoms with van der Waals surface area (Å²) in [4.78, 5) is 0. The highest BCUT2D eigenvalue weighted by Gasteiger charge is 2.01. The van der Waals surface area contributed by atoms with E-state index in [4.69, 9.17) is 10.5 Å². The molecule has 21 heavy (non-hydrogen) atoms. The maximum Gasteiger partial charge on any atom is 0.120 e. The fraction of sp³-hybridized carbons (Fsp3) is 0.0526. The number of benzene rings is 3. The second-order valence-electron chi connectivity index (χ2n) is 4.92. The smallest absolute Gasteiger partial charge is 0.120 e. The van der Waals surface area contributed by atoms with Crippen LogP contribution in [-0.4, -0.2) is 0 Å². The summed E-state index contributed by atoms with van der Waals surface area (Å²) in [5, 5.41) is 0.